The molecule has 1 aliphatic rings. The highest BCUT2D eigenvalue weighted by atomic mass is 16.2. The van der Waals surface area contributed by atoms with Gasteiger partial charge in [0.25, 0.3) is 5.91 Å². The van der Waals surface area contributed by atoms with Crippen molar-refractivity contribution in [2.75, 3.05) is 26.2 Å². The lowest BCUT2D eigenvalue weighted by molar-refractivity contribution is 0.0728. The molecule has 1 aliphatic heterocycles. The second kappa shape index (κ2) is 6.00. The molecule has 100 valence electrons. The lowest BCUT2D eigenvalue weighted by Gasteiger charge is -2.29. The van der Waals surface area contributed by atoms with Crippen molar-refractivity contribution < 1.29 is 4.79 Å². The molecular weight excluding hydrogens is 228 g/mol. The zero-order valence-corrected chi connectivity index (χ0v) is 11.2. The summed E-state index contributed by atoms with van der Waals surface area (Å²) < 4.78 is 0. The summed E-state index contributed by atoms with van der Waals surface area (Å²) >= 11 is 0. The summed E-state index contributed by atoms with van der Waals surface area (Å²) in [5, 5.41) is 10.1. The third-order valence-corrected chi connectivity index (χ3v) is 3.61. The molecule has 1 amide bonds. The van der Waals surface area contributed by atoms with Crippen molar-refractivity contribution in [2.24, 2.45) is 5.92 Å². The molecule has 0 spiro atoms. The number of amides is 1. The maximum absolute atomic E-state index is 12.4. The Hall–Kier alpha value is -1.36. The van der Waals surface area contributed by atoms with Crippen molar-refractivity contribution >= 4 is 5.91 Å². The van der Waals surface area contributed by atoms with E-state index in [-0.39, 0.29) is 5.91 Å². The van der Waals surface area contributed by atoms with Crippen molar-refractivity contribution in [3.05, 3.63) is 17.5 Å². The van der Waals surface area contributed by atoms with Gasteiger partial charge in [0.15, 0.2) is 0 Å². The van der Waals surface area contributed by atoms with Crippen LogP contribution in [-0.4, -0.2) is 47.2 Å². The Morgan fingerprint density at radius 2 is 2.44 bits per heavy atom. The van der Waals surface area contributed by atoms with Crippen molar-refractivity contribution in [1.82, 2.24) is 20.4 Å². The Balaban J connectivity index is 1.99. The maximum atomic E-state index is 12.4. The predicted octanol–water partition coefficient (Wildman–Crippen LogP) is 1.18. The maximum Gasteiger partial charge on any atom is 0.257 e. The average Bonchev–Trinajstić information content (AvgIpc) is 2.82. The van der Waals surface area contributed by atoms with Gasteiger partial charge in [-0.1, -0.05) is 0 Å². The highest BCUT2D eigenvalue weighted by molar-refractivity contribution is 5.95. The fourth-order valence-corrected chi connectivity index (χ4v) is 2.48. The SMILES string of the molecule is CCN(CC1CCCNC1)C(=O)c1cn[nH]c1C. The van der Waals surface area contributed by atoms with Gasteiger partial charge < -0.3 is 10.2 Å². The molecular formula is C13H22N4O. The van der Waals surface area contributed by atoms with E-state index in [1.54, 1.807) is 6.20 Å². The van der Waals surface area contributed by atoms with Gasteiger partial charge in [-0.2, -0.15) is 5.10 Å². The first-order chi connectivity index (χ1) is 8.72. The van der Waals surface area contributed by atoms with E-state index in [4.69, 9.17) is 0 Å². The van der Waals surface area contributed by atoms with Crippen LogP contribution in [0.3, 0.4) is 0 Å². The van der Waals surface area contributed by atoms with Crippen LogP contribution in [0.15, 0.2) is 6.20 Å². The van der Waals surface area contributed by atoms with E-state index >= 15 is 0 Å². The summed E-state index contributed by atoms with van der Waals surface area (Å²) in [5.74, 6) is 0.671. The van der Waals surface area contributed by atoms with Crippen LogP contribution in [0.4, 0.5) is 0 Å². The number of piperidine rings is 1. The first-order valence-corrected chi connectivity index (χ1v) is 6.72. The predicted molar refractivity (Wildman–Crippen MR) is 70.5 cm³/mol. The van der Waals surface area contributed by atoms with Gasteiger partial charge in [-0.3, -0.25) is 9.89 Å². The molecule has 5 nitrogen and oxygen atoms in total. The Bertz CT molecular complexity index is 395. The molecule has 1 fully saturated rings. The molecule has 0 radical (unpaired) electrons. The zero-order valence-electron chi connectivity index (χ0n) is 11.2. The number of carbonyl (C=O) groups excluding carboxylic acids is 1. The minimum Gasteiger partial charge on any atom is -0.338 e. The van der Waals surface area contributed by atoms with Crippen molar-refractivity contribution in [1.29, 1.82) is 0 Å². The number of nitrogens with zero attached hydrogens (tertiary/aromatic N) is 2. The highest BCUT2D eigenvalue weighted by Crippen LogP contribution is 2.14. The number of aromatic nitrogens is 2. The van der Waals surface area contributed by atoms with Crippen LogP contribution >= 0.6 is 0 Å². The van der Waals surface area contributed by atoms with Gasteiger partial charge >= 0.3 is 0 Å². The summed E-state index contributed by atoms with van der Waals surface area (Å²) in [6.07, 6.45) is 4.04. The molecule has 1 atom stereocenters. The summed E-state index contributed by atoms with van der Waals surface area (Å²) in [6, 6.07) is 0. The Labute approximate surface area is 108 Å². The van der Waals surface area contributed by atoms with Gasteiger partial charge in [0.05, 0.1) is 11.8 Å². The van der Waals surface area contributed by atoms with Crippen LogP contribution in [0.1, 0.15) is 35.8 Å². The van der Waals surface area contributed by atoms with Gasteiger partial charge in [0.1, 0.15) is 0 Å². The van der Waals surface area contributed by atoms with Gasteiger partial charge in [-0.25, -0.2) is 0 Å². The molecule has 1 aromatic heterocycles. The quantitative estimate of drug-likeness (QED) is 0.843. The lowest BCUT2D eigenvalue weighted by Crippen LogP contribution is -2.41. The number of hydrogen-bond acceptors (Lipinski definition) is 3. The van der Waals surface area contributed by atoms with E-state index in [1.807, 2.05) is 18.7 Å². The van der Waals surface area contributed by atoms with Crippen LogP contribution in [0, 0.1) is 12.8 Å². The zero-order chi connectivity index (χ0) is 13.0. The van der Waals surface area contributed by atoms with Gasteiger partial charge in [-0.15, -0.1) is 0 Å². The second-order valence-electron chi connectivity index (χ2n) is 4.96. The monoisotopic (exact) mass is 250 g/mol. The number of hydrogen-bond donors (Lipinski definition) is 2. The molecule has 0 aromatic carbocycles. The van der Waals surface area contributed by atoms with Crippen molar-refractivity contribution in [3.63, 3.8) is 0 Å². The molecule has 1 aromatic rings. The summed E-state index contributed by atoms with van der Waals surface area (Å²) in [7, 11) is 0. The largest absolute Gasteiger partial charge is 0.338 e. The Morgan fingerprint density at radius 3 is 3.00 bits per heavy atom. The lowest BCUT2D eigenvalue weighted by atomic mass is 9.99. The van der Waals surface area contributed by atoms with Crippen LogP contribution in [0.5, 0.6) is 0 Å². The van der Waals surface area contributed by atoms with Gasteiger partial charge in [-0.05, 0) is 45.7 Å². The van der Waals surface area contributed by atoms with Crippen LogP contribution in [0.25, 0.3) is 0 Å². The number of rotatable bonds is 4. The van der Waals surface area contributed by atoms with Gasteiger partial charge in [0, 0.05) is 18.8 Å². The minimum absolute atomic E-state index is 0.0920. The Morgan fingerprint density at radius 1 is 1.61 bits per heavy atom. The molecule has 1 unspecified atom stereocenters. The van der Waals surface area contributed by atoms with Crippen LogP contribution in [-0.2, 0) is 0 Å². The number of nitrogens with one attached hydrogen (secondary N) is 2. The number of carbonyl (C=O) groups is 1. The van der Waals surface area contributed by atoms with Crippen LogP contribution < -0.4 is 5.32 Å². The smallest absolute Gasteiger partial charge is 0.257 e. The fraction of sp³-hybridized carbons (Fsp3) is 0.692. The van der Waals surface area contributed by atoms with E-state index in [1.165, 1.54) is 12.8 Å². The van der Waals surface area contributed by atoms with E-state index < -0.39 is 0 Å². The molecule has 2 heterocycles. The topological polar surface area (TPSA) is 61.0 Å². The van der Waals surface area contributed by atoms with Crippen LogP contribution in [0.2, 0.25) is 0 Å². The molecule has 5 heteroatoms. The molecule has 0 bridgehead atoms. The average molecular weight is 250 g/mol. The summed E-state index contributed by atoms with van der Waals surface area (Å²) in [6.45, 7) is 7.64. The third kappa shape index (κ3) is 2.90. The van der Waals surface area contributed by atoms with E-state index in [9.17, 15) is 4.79 Å². The number of aryl methyl sites for hydroxylation is 1. The molecule has 2 N–H and O–H groups in total. The van der Waals surface area contributed by atoms with Gasteiger partial charge in [0.2, 0.25) is 0 Å². The molecule has 0 aliphatic carbocycles. The molecule has 1 saturated heterocycles. The fourth-order valence-electron chi connectivity index (χ4n) is 2.48. The standard InChI is InChI=1S/C13H22N4O/c1-3-17(9-11-5-4-6-14-7-11)13(18)12-8-15-16-10(12)2/h8,11,14H,3-7,9H2,1-2H3,(H,15,16). The first-order valence-electron chi connectivity index (χ1n) is 6.72. The normalized spacial score (nSPS) is 19.8. The Kier molecular flexibility index (Phi) is 4.36. The molecule has 0 saturated carbocycles. The summed E-state index contributed by atoms with van der Waals surface area (Å²) in [5.41, 5.74) is 1.54. The number of aromatic amines is 1. The summed E-state index contributed by atoms with van der Waals surface area (Å²) in [4.78, 5) is 14.3. The first kappa shape index (κ1) is 13.1. The molecule has 2 rings (SSSR count). The second-order valence-corrected chi connectivity index (χ2v) is 4.96. The minimum atomic E-state index is 0.0920. The van der Waals surface area contributed by atoms with E-state index in [0.29, 0.717) is 11.5 Å². The van der Waals surface area contributed by atoms with E-state index in [0.717, 1.165) is 31.9 Å². The van der Waals surface area contributed by atoms with E-state index in [2.05, 4.69) is 15.5 Å². The van der Waals surface area contributed by atoms with Crippen molar-refractivity contribution in [2.45, 2.75) is 26.7 Å². The molecule has 18 heavy (non-hydrogen) atoms. The highest BCUT2D eigenvalue weighted by Gasteiger charge is 2.22. The third-order valence-electron chi connectivity index (χ3n) is 3.61. The van der Waals surface area contributed by atoms with Crippen molar-refractivity contribution in [3.8, 4) is 0 Å². The number of H-pyrrole nitrogens is 1.